The zero-order chi connectivity index (χ0) is 13.1. The molecule has 0 rings (SSSR count). The van der Waals surface area contributed by atoms with Crippen LogP contribution in [0.5, 0.6) is 0 Å². The fraction of sp³-hybridized carbons (Fsp3) is 0.900. The lowest BCUT2D eigenvalue weighted by Gasteiger charge is -2.21. The largest absolute Gasteiger partial charge is 0.395 e. The van der Waals surface area contributed by atoms with Crippen LogP contribution in [0, 0.1) is 0 Å². The van der Waals surface area contributed by atoms with Crippen LogP contribution in [0.1, 0.15) is 6.42 Å². The molecule has 0 radical (unpaired) electrons. The predicted molar refractivity (Wildman–Crippen MR) is 57.0 cm³/mol. The molecule has 1 amide bonds. The van der Waals surface area contributed by atoms with Crippen LogP contribution in [0.25, 0.3) is 0 Å². The van der Waals surface area contributed by atoms with Gasteiger partial charge in [0.2, 0.25) is 5.91 Å². The van der Waals surface area contributed by atoms with Crippen LogP contribution >= 0.6 is 0 Å². The van der Waals surface area contributed by atoms with Gasteiger partial charge in [0.25, 0.3) is 6.43 Å². The quantitative estimate of drug-likeness (QED) is 0.564. The van der Waals surface area contributed by atoms with Crippen LogP contribution in [0.3, 0.4) is 0 Å². The number of aliphatic hydroxyl groups excluding tert-OH is 1. The number of amides is 1. The maximum Gasteiger partial charge on any atom is 0.261 e. The van der Waals surface area contributed by atoms with Crippen LogP contribution in [0.15, 0.2) is 0 Å². The molecule has 0 saturated carbocycles. The Hall–Kier alpha value is -0.790. The highest BCUT2D eigenvalue weighted by molar-refractivity contribution is 5.76. The summed E-state index contributed by atoms with van der Waals surface area (Å²) in [4.78, 5) is 13.0. The summed E-state index contributed by atoms with van der Waals surface area (Å²) in [5.74, 6) is -0.245. The third-order valence-electron chi connectivity index (χ3n) is 1.99. The summed E-state index contributed by atoms with van der Waals surface area (Å²) in [6.07, 6.45) is -2.50. The lowest BCUT2D eigenvalue weighted by Crippen LogP contribution is -2.36. The minimum absolute atomic E-state index is 0.0242. The molecule has 0 bridgehead atoms. The van der Waals surface area contributed by atoms with E-state index in [2.05, 4.69) is 4.74 Å². The minimum Gasteiger partial charge on any atom is -0.395 e. The van der Waals surface area contributed by atoms with Gasteiger partial charge in [-0.05, 0) is 0 Å². The predicted octanol–water partition coefficient (Wildman–Crippen LogP) is 0.126. The number of methoxy groups -OCH3 is 1. The highest BCUT2D eigenvalue weighted by Gasteiger charge is 2.12. The van der Waals surface area contributed by atoms with Gasteiger partial charge in [-0.2, -0.15) is 0 Å². The smallest absolute Gasteiger partial charge is 0.261 e. The van der Waals surface area contributed by atoms with E-state index < -0.39 is 13.0 Å². The Labute approximate surface area is 99.3 Å². The first-order chi connectivity index (χ1) is 8.11. The van der Waals surface area contributed by atoms with Crippen LogP contribution in [-0.4, -0.2) is 69.0 Å². The van der Waals surface area contributed by atoms with Crippen molar-refractivity contribution in [2.75, 3.05) is 46.6 Å². The van der Waals surface area contributed by atoms with Gasteiger partial charge in [-0.15, -0.1) is 0 Å². The van der Waals surface area contributed by atoms with E-state index in [0.29, 0.717) is 13.2 Å². The van der Waals surface area contributed by atoms with Crippen molar-refractivity contribution in [2.24, 2.45) is 0 Å². The molecule has 1 N–H and O–H groups in total. The van der Waals surface area contributed by atoms with Gasteiger partial charge in [-0.25, -0.2) is 8.78 Å². The fourth-order valence-electron chi connectivity index (χ4n) is 1.17. The Kier molecular flexibility index (Phi) is 9.89. The third kappa shape index (κ3) is 8.96. The lowest BCUT2D eigenvalue weighted by molar-refractivity contribution is -0.133. The second kappa shape index (κ2) is 10.4. The Bertz CT molecular complexity index is 205. The fourth-order valence-corrected chi connectivity index (χ4v) is 1.17. The number of rotatable bonds is 10. The van der Waals surface area contributed by atoms with Gasteiger partial charge in [0, 0.05) is 20.2 Å². The first kappa shape index (κ1) is 16.2. The summed E-state index contributed by atoms with van der Waals surface area (Å²) in [5.41, 5.74) is 0. The first-order valence-electron chi connectivity index (χ1n) is 5.35. The average Bonchev–Trinajstić information content (AvgIpc) is 2.29. The van der Waals surface area contributed by atoms with Crippen LogP contribution in [0.2, 0.25) is 0 Å². The van der Waals surface area contributed by atoms with Crippen molar-refractivity contribution in [1.82, 2.24) is 4.90 Å². The molecule has 0 aliphatic heterocycles. The van der Waals surface area contributed by atoms with Gasteiger partial charge >= 0.3 is 0 Å². The molecule has 0 spiro atoms. The molecule has 5 nitrogen and oxygen atoms in total. The molecule has 0 aromatic heterocycles. The summed E-state index contributed by atoms with van der Waals surface area (Å²) in [5, 5.41) is 8.76. The number of hydrogen-bond donors (Lipinski definition) is 1. The second-order valence-corrected chi connectivity index (χ2v) is 3.31. The highest BCUT2D eigenvalue weighted by atomic mass is 19.3. The van der Waals surface area contributed by atoms with E-state index in [0.717, 1.165) is 0 Å². The molecule has 0 heterocycles. The number of nitrogens with zero attached hydrogens (tertiary/aromatic N) is 1. The van der Waals surface area contributed by atoms with Gasteiger partial charge in [-0.1, -0.05) is 0 Å². The Morgan fingerprint density at radius 1 is 1.35 bits per heavy atom. The molecule has 7 heteroatoms. The van der Waals surface area contributed by atoms with Crippen LogP contribution < -0.4 is 0 Å². The highest BCUT2D eigenvalue weighted by Crippen LogP contribution is 1.98. The maximum absolute atomic E-state index is 11.7. The Morgan fingerprint density at radius 3 is 2.59 bits per heavy atom. The van der Waals surface area contributed by atoms with Gasteiger partial charge in [0.15, 0.2) is 0 Å². The third-order valence-corrected chi connectivity index (χ3v) is 1.99. The topological polar surface area (TPSA) is 59.0 Å². The van der Waals surface area contributed by atoms with E-state index in [1.165, 1.54) is 12.0 Å². The summed E-state index contributed by atoms with van der Waals surface area (Å²) in [6.45, 7) is 0.0855. The molecule has 0 unspecified atom stereocenters. The molecule has 102 valence electrons. The lowest BCUT2D eigenvalue weighted by atomic mass is 10.3. The zero-order valence-corrected chi connectivity index (χ0v) is 9.90. The normalized spacial score (nSPS) is 10.9. The maximum atomic E-state index is 11.7. The number of aliphatic hydroxyl groups is 1. The summed E-state index contributed by atoms with van der Waals surface area (Å²) < 4.78 is 32.9. The van der Waals surface area contributed by atoms with E-state index in [-0.39, 0.29) is 32.1 Å². The van der Waals surface area contributed by atoms with Crippen molar-refractivity contribution >= 4 is 5.91 Å². The molecular weight excluding hydrogens is 236 g/mol. The Balaban J connectivity index is 3.80. The van der Waals surface area contributed by atoms with Gasteiger partial charge in [0.1, 0.15) is 6.61 Å². The number of halogens is 2. The molecule has 17 heavy (non-hydrogen) atoms. The molecule has 0 aromatic carbocycles. The number of carbonyl (C=O) groups is 1. The van der Waals surface area contributed by atoms with Crippen LogP contribution in [0.4, 0.5) is 8.78 Å². The monoisotopic (exact) mass is 255 g/mol. The number of ether oxygens (including phenoxy) is 2. The standard InChI is InChI=1S/C10H19F2NO4/c1-16-7-4-13(3-5-14)10(15)2-6-17-8-9(11)12/h9,14H,2-8H2,1H3. The average molecular weight is 255 g/mol. The molecule has 0 saturated heterocycles. The van der Waals surface area contributed by atoms with Crippen LogP contribution in [-0.2, 0) is 14.3 Å². The Morgan fingerprint density at radius 2 is 2.06 bits per heavy atom. The molecule has 0 aromatic rings. The number of alkyl halides is 2. The van der Waals surface area contributed by atoms with Gasteiger partial charge < -0.3 is 19.5 Å². The van der Waals surface area contributed by atoms with Crippen molar-refractivity contribution in [1.29, 1.82) is 0 Å². The molecule has 0 aliphatic rings. The SMILES string of the molecule is COCCN(CCO)C(=O)CCOCC(F)F. The van der Waals surface area contributed by atoms with E-state index in [4.69, 9.17) is 9.84 Å². The zero-order valence-electron chi connectivity index (χ0n) is 9.90. The van der Waals surface area contributed by atoms with E-state index in [1.807, 2.05) is 0 Å². The molecule has 0 fully saturated rings. The molecule has 0 atom stereocenters. The van der Waals surface area contributed by atoms with E-state index in [9.17, 15) is 13.6 Å². The van der Waals surface area contributed by atoms with Crippen molar-refractivity contribution in [2.45, 2.75) is 12.8 Å². The van der Waals surface area contributed by atoms with E-state index in [1.54, 1.807) is 0 Å². The molecule has 0 aliphatic carbocycles. The van der Waals surface area contributed by atoms with Crippen molar-refractivity contribution in [3.63, 3.8) is 0 Å². The van der Waals surface area contributed by atoms with Crippen molar-refractivity contribution in [3.05, 3.63) is 0 Å². The molecular formula is C10H19F2NO4. The van der Waals surface area contributed by atoms with Crippen molar-refractivity contribution in [3.8, 4) is 0 Å². The van der Waals surface area contributed by atoms with Gasteiger partial charge in [-0.3, -0.25) is 4.79 Å². The summed E-state index contributed by atoms with van der Waals surface area (Å²) in [7, 11) is 1.51. The van der Waals surface area contributed by atoms with Crippen molar-refractivity contribution < 1.29 is 28.2 Å². The van der Waals surface area contributed by atoms with Gasteiger partial charge in [0.05, 0.1) is 26.2 Å². The number of carbonyl (C=O) groups excluding carboxylic acids is 1. The van der Waals surface area contributed by atoms with E-state index >= 15 is 0 Å². The first-order valence-corrected chi connectivity index (χ1v) is 5.35. The second-order valence-electron chi connectivity index (χ2n) is 3.31. The summed E-state index contributed by atoms with van der Waals surface area (Å²) in [6, 6.07) is 0. The number of hydrogen-bond acceptors (Lipinski definition) is 4. The summed E-state index contributed by atoms with van der Waals surface area (Å²) >= 11 is 0. The minimum atomic E-state index is -2.52.